The van der Waals surface area contributed by atoms with E-state index >= 15 is 0 Å². The first-order chi connectivity index (χ1) is 12.7. The van der Waals surface area contributed by atoms with Gasteiger partial charge in [0.2, 0.25) is 5.89 Å². The normalized spacial score (nSPS) is 10.6. The predicted octanol–water partition coefficient (Wildman–Crippen LogP) is 4.58. The van der Waals surface area contributed by atoms with E-state index in [1.54, 1.807) is 32.4 Å². The SMILES string of the molecule is COc1cc(OC)cc(-c2nnc(SCCOc3cccc(Cl)c3)o2)c1. The van der Waals surface area contributed by atoms with E-state index < -0.39 is 0 Å². The highest BCUT2D eigenvalue weighted by atomic mass is 35.5. The van der Waals surface area contributed by atoms with E-state index in [4.69, 9.17) is 30.2 Å². The number of ether oxygens (including phenoxy) is 3. The van der Waals surface area contributed by atoms with Gasteiger partial charge in [0.1, 0.15) is 17.2 Å². The molecule has 0 atom stereocenters. The lowest BCUT2D eigenvalue weighted by Crippen LogP contribution is -1.99. The monoisotopic (exact) mass is 392 g/mol. The zero-order valence-electron chi connectivity index (χ0n) is 14.3. The van der Waals surface area contributed by atoms with Crippen LogP contribution in [-0.2, 0) is 0 Å². The summed E-state index contributed by atoms with van der Waals surface area (Å²) >= 11 is 7.34. The summed E-state index contributed by atoms with van der Waals surface area (Å²) in [6.45, 7) is 0.496. The molecule has 8 heteroatoms. The average Bonchev–Trinajstić information content (AvgIpc) is 3.14. The zero-order chi connectivity index (χ0) is 18.4. The molecular formula is C18H17ClN2O4S. The van der Waals surface area contributed by atoms with Gasteiger partial charge >= 0.3 is 0 Å². The van der Waals surface area contributed by atoms with Crippen LogP contribution in [0.2, 0.25) is 5.02 Å². The number of methoxy groups -OCH3 is 2. The van der Waals surface area contributed by atoms with Crippen molar-refractivity contribution in [1.82, 2.24) is 10.2 Å². The van der Waals surface area contributed by atoms with Crippen molar-refractivity contribution in [3.63, 3.8) is 0 Å². The second kappa shape index (κ2) is 8.82. The highest BCUT2D eigenvalue weighted by molar-refractivity contribution is 7.99. The molecule has 2 aromatic carbocycles. The van der Waals surface area contributed by atoms with Gasteiger partial charge in [-0.15, -0.1) is 10.2 Å². The standard InChI is InChI=1S/C18H17ClN2O4S/c1-22-15-8-12(9-16(11-15)23-2)17-20-21-18(25-17)26-7-6-24-14-5-3-4-13(19)10-14/h3-5,8-11H,6-7H2,1-2H3. The van der Waals surface area contributed by atoms with Crippen molar-refractivity contribution in [2.75, 3.05) is 26.6 Å². The van der Waals surface area contributed by atoms with Crippen molar-refractivity contribution in [3.8, 4) is 28.7 Å². The Labute approximate surface area is 160 Å². The number of halogens is 1. The summed E-state index contributed by atoms with van der Waals surface area (Å²) in [6, 6.07) is 12.7. The predicted molar refractivity (Wildman–Crippen MR) is 101 cm³/mol. The lowest BCUT2D eigenvalue weighted by Gasteiger charge is -2.06. The van der Waals surface area contributed by atoms with E-state index in [0.717, 1.165) is 11.3 Å². The first-order valence-corrected chi connectivity index (χ1v) is 9.12. The van der Waals surface area contributed by atoms with E-state index in [9.17, 15) is 0 Å². The van der Waals surface area contributed by atoms with Gasteiger partial charge in [0.15, 0.2) is 0 Å². The molecule has 0 amide bonds. The van der Waals surface area contributed by atoms with Gasteiger partial charge < -0.3 is 18.6 Å². The minimum Gasteiger partial charge on any atom is -0.497 e. The second-order valence-electron chi connectivity index (χ2n) is 5.13. The van der Waals surface area contributed by atoms with E-state index in [-0.39, 0.29) is 0 Å². The maximum absolute atomic E-state index is 5.92. The zero-order valence-corrected chi connectivity index (χ0v) is 15.8. The number of hydrogen-bond donors (Lipinski definition) is 0. The van der Waals surface area contributed by atoms with Gasteiger partial charge in [0, 0.05) is 22.4 Å². The van der Waals surface area contributed by atoms with Crippen molar-refractivity contribution in [2.45, 2.75) is 5.22 Å². The van der Waals surface area contributed by atoms with Crippen LogP contribution in [-0.4, -0.2) is 36.8 Å². The average molecular weight is 393 g/mol. The van der Waals surface area contributed by atoms with Crippen molar-refractivity contribution < 1.29 is 18.6 Å². The fraction of sp³-hybridized carbons (Fsp3) is 0.222. The van der Waals surface area contributed by atoms with Gasteiger partial charge in [0.25, 0.3) is 5.22 Å². The molecule has 0 aliphatic rings. The van der Waals surface area contributed by atoms with Crippen LogP contribution in [0.1, 0.15) is 0 Å². The number of benzene rings is 2. The number of aromatic nitrogens is 2. The summed E-state index contributed by atoms with van der Waals surface area (Å²) in [6.07, 6.45) is 0. The molecule has 3 rings (SSSR count). The summed E-state index contributed by atoms with van der Waals surface area (Å²) in [4.78, 5) is 0. The lowest BCUT2D eigenvalue weighted by atomic mass is 10.2. The summed E-state index contributed by atoms with van der Waals surface area (Å²) in [7, 11) is 3.18. The van der Waals surface area contributed by atoms with Crippen LogP contribution in [0, 0.1) is 0 Å². The molecule has 6 nitrogen and oxygen atoms in total. The molecule has 0 N–H and O–H groups in total. The van der Waals surface area contributed by atoms with Gasteiger partial charge in [0.05, 0.1) is 20.8 Å². The molecular weight excluding hydrogens is 376 g/mol. The minimum atomic E-state index is 0.403. The van der Waals surface area contributed by atoms with Crippen molar-refractivity contribution in [2.24, 2.45) is 0 Å². The summed E-state index contributed by atoms with van der Waals surface area (Å²) in [5.41, 5.74) is 0.732. The Hall–Kier alpha value is -2.38. The quantitative estimate of drug-likeness (QED) is 0.410. The maximum atomic E-state index is 5.92. The van der Waals surface area contributed by atoms with Crippen LogP contribution < -0.4 is 14.2 Å². The third kappa shape index (κ3) is 4.83. The largest absolute Gasteiger partial charge is 0.497 e. The summed E-state index contributed by atoms with van der Waals surface area (Å²) in [5, 5.41) is 9.24. The molecule has 0 aliphatic heterocycles. The van der Waals surface area contributed by atoms with E-state index in [1.807, 2.05) is 24.3 Å². The first kappa shape index (κ1) is 18.4. The van der Waals surface area contributed by atoms with E-state index in [1.165, 1.54) is 11.8 Å². The molecule has 0 radical (unpaired) electrons. The van der Waals surface area contributed by atoms with Crippen molar-refractivity contribution >= 4 is 23.4 Å². The number of hydrogen-bond acceptors (Lipinski definition) is 7. The van der Waals surface area contributed by atoms with Crippen LogP contribution in [0.15, 0.2) is 52.1 Å². The third-order valence-corrected chi connectivity index (χ3v) is 4.40. The molecule has 0 saturated heterocycles. The van der Waals surface area contributed by atoms with Crippen LogP contribution in [0.3, 0.4) is 0 Å². The van der Waals surface area contributed by atoms with Crippen LogP contribution in [0.25, 0.3) is 11.5 Å². The third-order valence-electron chi connectivity index (χ3n) is 3.38. The Morgan fingerprint density at radius 1 is 1.00 bits per heavy atom. The Balaban J connectivity index is 1.58. The van der Waals surface area contributed by atoms with Crippen molar-refractivity contribution in [3.05, 3.63) is 47.5 Å². The smallest absolute Gasteiger partial charge is 0.276 e. The molecule has 0 bridgehead atoms. The molecule has 0 spiro atoms. The summed E-state index contributed by atoms with van der Waals surface area (Å²) in [5.74, 6) is 3.10. The molecule has 1 aromatic heterocycles. The fourth-order valence-electron chi connectivity index (χ4n) is 2.16. The molecule has 0 saturated carbocycles. The molecule has 0 aliphatic carbocycles. The van der Waals surface area contributed by atoms with Gasteiger partial charge in [-0.2, -0.15) is 0 Å². The molecule has 0 fully saturated rings. The Kier molecular flexibility index (Phi) is 6.25. The number of rotatable bonds is 8. The first-order valence-electron chi connectivity index (χ1n) is 7.76. The van der Waals surface area contributed by atoms with Gasteiger partial charge in [-0.25, -0.2) is 0 Å². The highest BCUT2D eigenvalue weighted by Crippen LogP contribution is 2.30. The van der Waals surface area contributed by atoms with Crippen molar-refractivity contribution in [1.29, 1.82) is 0 Å². The molecule has 0 unspecified atom stereocenters. The molecule has 1 heterocycles. The summed E-state index contributed by atoms with van der Waals surface area (Å²) < 4.78 is 21.8. The molecule has 3 aromatic rings. The molecule has 26 heavy (non-hydrogen) atoms. The number of thioether (sulfide) groups is 1. The number of nitrogens with zero attached hydrogens (tertiary/aromatic N) is 2. The van der Waals surface area contributed by atoms with Gasteiger partial charge in [-0.05, 0) is 30.3 Å². The maximum Gasteiger partial charge on any atom is 0.276 e. The van der Waals surface area contributed by atoms with Gasteiger partial charge in [-0.1, -0.05) is 29.4 Å². The fourth-order valence-corrected chi connectivity index (χ4v) is 2.92. The van der Waals surface area contributed by atoms with E-state index in [0.29, 0.717) is 40.0 Å². The Morgan fingerprint density at radius 2 is 1.77 bits per heavy atom. The highest BCUT2D eigenvalue weighted by Gasteiger charge is 2.12. The Bertz CT molecular complexity index is 850. The topological polar surface area (TPSA) is 66.6 Å². The van der Waals surface area contributed by atoms with Crippen LogP contribution in [0.4, 0.5) is 0 Å². The van der Waals surface area contributed by atoms with E-state index in [2.05, 4.69) is 10.2 Å². The second-order valence-corrected chi connectivity index (χ2v) is 6.61. The minimum absolute atomic E-state index is 0.403. The lowest BCUT2D eigenvalue weighted by molar-refractivity contribution is 0.343. The Morgan fingerprint density at radius 3 is 2.46 bits per heavy atom. The van der Waals surface area contributed by atoms with Crippen LogP contribution in [0.5, 0.6) is 17.2 Å². The van der Waals surface area contributed by atoms with Gasteiger partial charge in [-0.3, -0.25) is 0 Å². The molecule has 136 valence electrons. The van der Waals surface area contributed by atoms with Crippen LogP contribution >= 0.6 is 23.4 Å².